The van der Waals surface area contributed by atoms with E-state index in [1.807, 2.05) is 31.2 Å². The lowest BCUT2D eigenvalue weighted by Gasteiger charge is -2.23. The van der Waals surface area contributed by atoms with E-state index in [2.05, 4.69) is 4.90 Å². The summed E-state index contributed by atoms with van der Waals surface area (Å²) in [6.07, 6.45) is 0.894. The molecule has 1 aliphatic rings. The molecule has 16 heavy (non-hydrogen) atoms. The monoisotopic (exact) mass is 221 g/mol. The third-order valence-corrected chi connectivity index (χ3v) is 3.19. The summed E-state index contributed by atoms with van der Waals surface area (Å²) in [6, 6.07) is 7.91. The van der Waals surface area contributed by atoms with Gasteiger partial charge in [0.25, 0.3) is 0 Å². The maximum absolute atomic E-state index is 9.95. The average Bonchev–Trinajstić information content (AvgIpc) is 2.75. The summed E-state index contributed by atoms with van der Waals surface area (Å²) in [5.41, 5.74) is 2.03. The maximum Gasteiger partial charge on any atom is 0.0807 e. The maximum atomic E-state index is 9.95. The van der Waals surface area contributed by atoms with Crippen molar-refractivity contribution >= 4 is 5.69 Å². The summed E-state index contributed by atoms with van der Waals surface area (Å²) >= 11 is 0. The quantitative estimate of drug-likeness (QED) is 0.816. The minimum absolute atomic E-state index is 0.230. The molecule has 0 aliphatic carbocycles. The normalized spacial score (nSPS) is 22.4. The number of anilines is 1. The molecule has 1 unspecified atom stereocenters. The van der Waals surface area contributed by atoms with Crippen LogP contribution in [0, 0.1) is 0 Å². The molecule has 0 saturated carbocycles. The van der Waals surface area contributed by atoms with Crippen molar-refractivity contribution in [3.8, 4) is 0 Å². The number of nitrogens with zero attached hydrogens (tertiary/aromatic N) is 1. The standard InChI is InChI=1S/C13H19NO2/c1-2-13(16)11-5-3-4-6-12(11)14-8-7-10(15)9-14/h3-6,10,13,15-16H,2,7-9H2,1H3/t10?,13-/m0/s1. The van der Waals surface area contributed by atoms with Crippen LogP contribution in [-0.4, -0.2) is 29.4 Å². The van der Waals surface area contributed by atoms with E-state index in [-0.39, 0.29) is 6.10 Å². The Morgan fingerprint density at radius 1 is 1.44 bits per heavy atom. The second kappa shape index (κ2) is 4.85. The molecule has 1 aliphatic heterocycles. The molecular formula is C13H19NO2. The molecule has 1 aromatic rings. The molecule has 0 bridgehead atoms. The van der Waals surface area contributed by atoms with E-state index in [4.69, 9.17) is 0 Å². The summed E-state index contributed by atoms with van der Waals surface area (Å²) in [5.74, 6) is 0. The van der Waals surface area contributed by atoms with Gasteiger partial charge in [0, 0.05) is 24.3 Å². The Labute approximate surface area is 96.3 Å². The highest BCUT2D eigenvalue weighted by atomic mass is 16.3. The van der Waals surface area contributed by atoms with Gasteiger partial charge in [0.2, 0.25) is 0 Å². The molecule has 2 N–H and O–H groups in total. The summed E-state index contributed by atoms with van der Waals surface area (Å²) in [4.78, 5) is 2.15. The molecule has 88 valence electrons. The van der Waals surface area contributed by atoms with Crippen molar-refractivity contribution in [1.29, 1.82) is 0 Å². The van der Waals surface area contributed by atoms with Gasteiger partial charge in [0.15, 0.2) is 0 Å². The zero-order valence-corrected chi connectivity index (χ0v) is 9.63. The van der Waals surface area contributed by atoms with Gasteiger partial charge in [0.05, 0.1) is 12.2 Å². The summed E-state index contributed by atoms with van der Waals surface area (Å²) < 4.78 is 0. The van der Waals surface area contributed by atoms with E-state index in [9.17, 15) is 10.2 Å². The van der Waals surface area contributed by atoms with Crippen molar-refractivity contribution in [2.24, 2.45) is 0 Å². The Morgan fingerprint density at radius 2 is 2.19 bits per heavy atom. The van der Waals surface area contributed by atoms with E-state index < -0.39 is 6.10 Å². The smallest absolute Gasteiger partial charge is 0.0807 e. The largest absolute Gasteiger partial charge is 0.391 e. The second-order valence-electron chi connectivity index (χ2n) is 4.37. The topological polar surface area (TPSA) is 43.7 Å². The second-order valence-corrected chi connectivity index (χ2v) is 4.37. The molecule has 2 atom stereocenters. The van der Waals surface area contributed by atoms with Crippen molar-refractivity contribution in [2.45, 2.75) is 32.0 Å². The van der Waals surface area contributed by atoms with Gasteiger partial charge in [-0.05, 0) is 18.9 Å². The van der Waals surface area contributed by atoms with Crippen LogP contribution in [0.25, 0.3) is 0 Å². The first-order valence-corrected chi connectivity index (χ1v) is 5.92. The summed E-state index contributed by atoms with van der Waals surface area (Å²) in [7, 11) is 0. The molecule has 3 heteroatoms. The fourth-order valence-corrected chi connectivity index (χ4v) is 2.24. The number of hydrogen-bond donors (Lipinski definition) is 2. The molecule has 1 fully saturated rings. The molecule has 1 saturated heterocycles. The highest BCUT2D eigenvalue weighted by molar-refractivity contribution is 5.55. The van der Waals surface area contributed by atoms with Gasteiger partial charge in [-0.25, -0.2) is 0 Å². The Hall–Kier alpha value is -1.06. The van der Waals surface area contributed by atoms with E-state index in [0.717, 1.165) is 24.2 Å². The predicted octanol–water partition coefficient (Wildman–Crippen LogP) is 1.70. The lowest BCUT2D eigenvalue weighted by Crippen LogP contribution is -2.22. The van der Waals surface area contributed by atoms with Crippen molar-refractivity contribution in [3.63, 3.8) is 0 Å². The van der Waals surface area contributed by atoms with Crippen LogP contribution < -0.4 is 4.90 Å². The van der Waals surface area contributed by atoms with Crippen LogP contribution in [0.5, 0.6) is 0 Å². The minimum atomic E-state index is -0.408. The number of benzene rings is 1. The van der Waals surface area contributed by atoms with Crippen LogP contribution in [0.15, 0.2) is 24.3 Å². The van der Waals surface area contributed by atoms with Gasteiger partial charge in [-0.15, -0.1) is 0 Å². The van der Waals surface area contributed by atoms with Crippen LogP contribution in [0.2, 0.25) is 0 Å². The van der Waals surface area contributed by atoms with Crippen LogP contribution in [0.4, 0.5) is 5.69 Å². The first kappa shape index (κ1) is 11.4. The lowest BCUT2D eigenvalue weighted by molar-refractivity contribution is 0.174. The van der Waals surface area contributed by atoms with Crippen molar-refractivity contribution in [3.05, 3.63) is 29.8 Å². The molecule has 1 heterocycles. The molecule has 2 rings (SSSR count). The highest BCUT2D eigenvalue weighted by Crippen LogP contribution is 2.30. The number of hydrogen-bond acceptors (Lipinski definition) is 3. The van der Waals surface area contributed by atoms with E-state index in [1.165, 1.54) is 0 Å². The SMILES string of the molecule is CC[C@H](O)c1ccccc1N1CCC(O)C1. The van der Waals surface area contributed by atoms with Crippen molar-refractivity contribution < 1.29 is 10.2 Å². The molecular weight excluding hydrogens is 202 g/mol. The third kappa shape index (κ3) is 2.20. The molecule has 0 amide bonds. The zero-order chi connectivity index (χ0) is 11.5. The van der Waals surface area contributed by atoms with Crippen LogP contribution in [-0.2, 0) is 0 Å². The lowest BCUT2D eigenvalue weighted by atomic mass is 10.0. The van der Waals surface area contributed by atoms with E-state index in [1.54, 1.807) is 0 Å². The number of β-amino-alcohol motifs (C(OH)–C–C–N with tert-alkyl or cyclic N) is 1. The van der Waals surface area contributed by atoms with Gasteiger partial charge >= 0.3 is 0 Å². The summed E-state index contributed by atoms with van der Waals surface area (Å²) in [6.45, 7) is 3.52. The highest BCUT2D eigenvalue weighted by Gasteiger charge is 2.23. The fourth-order valence-electron chi connectivity index (χ4n) is 2.24. The minimum Gasteiger partial charge on any atom is -0.391 e. The number of aliphatic hydroxyl groups is 2. The molecule has 0 aromatic heterocycles. The van der Waals surface area contributed by atoms with Gasteiger partial charge < -0.3 is 15.1 Å². The van der Waals surface area contributed by atoms with Crippen LogP contribution in [0.3, 0.4) is 0 Å². The number of para-hydroxylation sites is 1. The van der Waals surface area contributed by atoms with Gasteiger partial charge in [0.1, 0.15) is 0 Å². The average molecular weight is 221 g/mol. The zero-order valence-electron chi connectivity index (χ0n) is 9.63. The van der Waals surface area contributed by atoms with Crippen molar-refractivity contribution in [1.82, 2.24) is 0 Å². The molecule has 0 spiro atoms. The Morgan fingerprint density at radius 3 is 2.81 bits per heavy atom. The fraction of sp³-hybridized carbons (Fsp3) is 0.538. The Kier molecular flexibility index (Phi) is 3.46. The van der Waals surface area contributed by atoms with Gasteiger partial charge in [-0.1, -0.05) is 25.1 Å². The van der Waals surface area contributed by atoms with Gasteiger partial charge in [-0.3, -0.25) is 0 Å². The predicted molar refractivity (Wildman–Crippen MR) is 64.5 cm³/mol. The van der Waals surface area contributed by atoms with Crippen LogP contribution >= 0.6 is 0 Å². The molecule has 1 aromatic carbocycles. The Balaban J connectivity index is 2.26. The number of rotatable bonds is 3. The number of aliphatic hydroxyl groups excluding tert-OH is 2. The van der Waals surface area contributed by atoms with Crippen LogP contribution in [0.1, 0.15) is 31.4 Å². The molecule has 3 nitrogen and oxygen atoms in total. The van der Waals surface area contributed by atoms with E-state index in [0.29, 0.717) is 13.0 Å². The summed E-state index contributed by atoms with van der Waals surface area (Å²) in [5, 5.41) is 19.5. The van der Waals surface area contributed by atoms with Crippen molar-refractivity contribution in [2.75, 3.05) is 18.0 Å². The third-order valence-electron chi connectivity index (χ3n) is 3.19. The Bertz CT molecular complexity index is 354. The van der Waals surface area contributed by atoms with E-state index >= 15 is 0 Å². The first-order chi connectivity index (χ1) is 7.72. The molecule has 0 radical (unpaired) electrons. The van der Waals surface area contributed by atoms with Gasteiger partial charge in [-0.2, -0.15) is 0 Å². The first-order valence-electron chi connectivity index (χ1n) is 5.92.